The number of rotatable bonds is 7. The van der Waals surface area contributed by atoms with Crippen molar-refractivity contribution in [3.8, 4) is 0 Å². The second-order valence-corrected chi connectivity index (χ2v) is 9.72. The predicted molar refractivity (Wildman–Crippen MR) is 124 cm³/mol. The number of imide groups is 1. The van der Waals surface area contributed by atoms with Crippen LogP contribution >= 0.6 is 0 Å². The number of likely N-dealkylation sites (tertiary alicyclic amines) is 1. The van der Waals surface area contributed by atoms with Crippen LogP contribution in [0.2, 0.25) is 0 Å². The molecule has 1 fully saturated rings. The first-order chi connectivity index (χ1) is 15.5. The van der Waals surface area contributed by atoms with Gasteiger partial charge in [0.2, 0.25) is 17.7 Å². The number of hydrogen-bond acceptors (Lipinski definition) is 6. The fraction of sp³-hybridized carbons (Fsp3) is 0.609. The highest BCUT2D eigenvalue weighted by atomic mass is 16.2. The van der Waals surface area contributed by atoms with Gasteiger partial charge in [-0.1, -0.05) is 39.8 Å². The number of nitrogens with two attached hydrogens (primary N) is 1. The number of nitrogens with one attached hydrogen (secondary N) is 1. The molecule has 3 atom stereocenters. The third kappa shape index (κ3) is 4.51. The summed E-state index contributed by atoms with van der Waals surface area (Å²) in [5, 5.41) is 0. The van der Waals surface area contributed by atoms with Gasteiger partial charge in [-0.25, -0.2) is 4.79 Å². The van der Waals surface area contributed by atoms with E-state index >= 15 is 0 Å². The van der Waals surface area contributed by atoms with Crippen molar-refractivity contribution in [1.82, 2.24) is 14.5 Å². The summed E-state index contributed by atoms with van der Waals surface area (Å²) < 4.78 is 1.24. The molecule has 180 valence electrons. The number of fused-ring (bicyclic) bond motifs is 1. The van der Waals surface area contributed by atoms with Crippen LogP contribution in [0.1, 0.15) is 47.5 Å². The Labute approximate surface area is 192 Å². The van der Waals surface area contributed by atoms with Gasteiger partial charge in [-0.05, 0) is 31.6 Å². The molecule has 3 rings (SSSR count). The summed E-state index contributed by atoms with van der Waals surface area (Å²) in [5.74, 6) is -2.36. The molecule has 0 saturated carbocycles. The van der Waals surface area contributed by atoms with Crippen molar-refractivity contribution in [3.63, 3.8) is 0 Å². The molecule has 1 aromatic rings. The number of nitrogens with zero attached hydrogens (tertiary/aromatic N) is 3. The van der Waals surface area contributed by atoms with Gasteiger partial charge in [-0.15, -0.1) is 0 Å². The zero-order valence-corrected chi connectivity index (χ0v) is 19.8. The standard InChI is InChI=1S/C23H33N5O5/c1-12(2)10-26(17-18(24)27(11-13(3)4)23(33)25-19(17)29)20(30)14(5)28-21(31)15-8-6-7-9-16(15)22(28)32/h6-7,12-16H,8-11,24H2,1-5H3,(H,25,29,33)/t14-,15-,16-/m0/s1. The molecule has 0 unspecified atom stereocenters. The van der Waals surface area contributed by atoms with Crippen LogP contribution in [-0.2, 0) is 20.9 Å². The van der Waals surface area contributed by atoms with Crippen LogP contribution in [0, 0.1) is 23.7 Å². The van der Waals surface area contributed by atoms with Crippen LogP contribution in [0.15, 0.2) is 21.7 Å². The smallest absolute Gasteiger partial charge is 0.330 e. The van der Waals surface area contributed by atoms with Gasteiger partial charge in [-0.3, -0.25) is 33.6 Å². The number of H-pyrrole nitrogens is 1. The average Bonchev–Trinajstić information content (AvgIpc) is 2.99. The highest BCUT2D eigenvalue weighted by molar-refractivity contribution is 6.10. The topological polar surface area (TPSA) is 139 Å². The molecule has 2 aliphatic rings. The summed E-state index contributed by atoms with van der Waals surface area (Å²) in [5.41, 5.74) is 4.67. The second kappa shape index (κ2) is 9.36. The van der Waals surface area contributed by atoms with E-state index in [1.54, 1.807) is 0 Å². The molecule has 0 radical (unpaired) electrons. The average molecular weight is 460 g/mol. The molecule has 0 bridgehead atoms. The number of nitrogen functional groups attached to an aromatic ring is 1. The third-order valence-electron chi connectivity index (χ3n) is 6.13. The SMILES string of the molecule is CC(C)CN(C(=O)[C@H](C)N1C(=O)[C@H]2CC=CC[C@@H]2C1=O)c1c(N)n(CC(C)C)c(=O)[nH]c1=O. The molecule has 10 heteroatoms. The summed E-state index contributed by atoms with van der Waals surface area (Å²) >= 11 is 0. The molecule has 1 aliphatic heterocycles. The summed E-state index contributed by atoms with van der Waals surface area (Å²) in [6.45, 7) is 9.40. The highest BCUT2D eigenvalue weighted by Crippen LogP contribution is 2.36. The predicted octanol–water partition coefficient (Wildman–Crippen LogP) is 1.10. The first kappa shape index (κ1) is 24.5. The molecule has 33 heavy (non-hydrogen) atoms. The van der Waals surface area contributed by atoms with E-state index < -0.39 is 35.0 Å². The van der Waals surface area contributed by atoms with E-state index in [1.807, 2.05) is 39.8 Å². The van der Waals surface area contributed by atoms with E-state index in [2.05, 4.69) is 4.98 Å². The van der Waals surface area contributed by atoms with E-state index in [4.69, 9.17) is 5.73 Å². The maximum atomic E-state index is 13.7. The number of aromatic amines is 1. The lowest BCUT2D eigenvalue weighted by Gasteiger charge is -2.31. The first-order valence-corrected chi connectivity index (χ1v) is 11.4. The zero-order valence-electron chi connectivity index (χ0n) is 19.8. The Morgan fingerprint density at radius 1 is 1.03 bits per heavy atom. The molecule has 1 saturated heterocycles. The van der Waals surface area contributed by atoms with Gasteiger partial charge in [-0.2, -0.15) is 0 Å². The minimum Gasteiger partial charge on any atom is -0.383 e. The lowest BCUT2D eigenvalue weighted by Crippen LogP contribution is -2.52. The van der Waals surface area contributed by atoms with Crippen molar-refractivity contribution < 1.29 is 14.4 Å². The van der Waals surface area contributed by atoms with Gasteiger partial charge in [0, 0.05) is 13.1 Å². The minimum absolute atomic E-state index is 0.0535. The molecule has 0 aromatic carbocycles. The van der Waals surface area contributed by atoms with Crippen molar-refractivity contribution >= 4 is 29.2 Å². The minimum atomic E-state index is -1.11. The third-order valence-corrected chi connectivity index (χ3v) is 6.13. The van der Waals surface area contributed by atoms with E-state index in [1.165, 1.54) is 16.4 Å². The van der Waals surface area contributed by atoms with Gasteiger partial charge in [0.15, 0.2) is 5.69 Å². The number of aromatic nitrogens is 2. The van der Waals surface area contributed by atoms with E-state index in [9.17, 15) is 24.0 Å². The van der Waals surface area contributed by atoms with Crippen molar-refractivity contribution in [2.75, 3.05) is 17.2 Å². The van der Waals surface area contributed by atoms with E-state index in [0.29, 0.717) is 12.8 Å². The number of hydrogen-bond donors (Lipinski definition) is 2. The van der Waals surface area contributed by atoms with Gasteiger partial charge in [0.25, 0.3) is 5.56 Å². The second-order valence-electron chi connectivity index (χ2n) is 9.72. The Hall–Kier alpha value is -3.17. The quantitative estimate of drug-likeness (QED) is 0.462. The Morgan fingerprint density at radius 3 is 2.06 bits per heavy atom. The Kier molecular flexibility index (Phi) is 6.94. The van der Waals surface area contributed by atoms with Crippen molar-refractivity contribution in [2.45, 2.75) is 60.0 Å². The zero-order chi connectivity index (χ0) is 24.6. The number of amides is 3. The van der Waals surface area contributed by atoms with E-state index in [0.717, 1.165) is 4.90 Å². The van der Waals surface area contributed by atoms with Crippen LogP contribution in [-0.4, -0.2) is 44.8 Å². The van der Waals surface area contributed by atoms with Gasteiger partial charge in [0.1, 0.15) is 11.9 Å². The van der Waals surface area contributed by atoms with Crippen molar-refractivity contribution in [2.24, 2.45) is 23.7 Å². The Balaban J connectivity index is 2.03. The van der Waals surface area contributed by atoms with E-state index in [-0.39, 0.29) is 48.2 Å². The van der Waals surface area contributed by atoms with Gasteiger partial charge >= 0.3 is 5.69 Å². The normalized spacial score (nSPS) is 21.1. The molecule has 0 spiro atoms. The van der Waals surface area contributed by atoms with Crippen LogP contribution in [0.25, 0.3) is 0 Å². The Morgan fingerprint density at radius 2 is 1.58 bits per heavy atom. The monoisotopic (exact) mass is 459 g/mol. The summed E-state index contributed by atoms with van der Waals surface area (Å²) in [7, 11) is 0. The molecular formula is C23H33N5O5. The van der Waals surface area contributed by atoms with Crippen molar-refractivity contribution in [1.29, 1.82) is 0 Å². The van der Waals surface area contributed by atoms with Crippen LogP contribution in [0.5, 0.6) is 0 Å². The maximum Gasteiger partial charge on any atom is 0.330 e. The van der Waals surface area contributed by atoms with Crippen LogP contribution < -0.4 is 21.9 Å². The summed E-state index contributed by atoms with van der Waals surface area (Å²) in [6.07, 6.45) is 4.70. The highest BCUT2D eigenvalue weighted by Gasteiger charge is 2.50. The largest absolute Gasteiger partial charge is 0.383 e. The number of allylic oxidation sites excluding steroid dienone is 2. The van der Waals surface area contributed by atoms with Crippen molar-refractivity contribution in [3.05, 3.63) is 33.0 Å². The fourth-order valence-electron chi connectivity index (χ4n) is 4.58. The number of carbonyl (C=O) groups is 3. The lowest BCUT2D eigenvalue weighted by atomic mass is 9.85. The summed E-state index contributed by atoms with van der Waals surface area (Å²) in [6, 6.07) is -1.11. The molecule has 1 aromatic heterocycles. The van der Waals surface area contributed by atoms with Gasteiger partial charge < -0.3 is 10.6 Å². The molecule has 1 aliphatic carbocycles. The number of carbonyl (C=O) groups excluding carboxylic acids is 3. The Bertz CT molecular complexity index is 1070. The van der Waals surface area contributed by atoms with Crippen LogP contribution in [0.4, 0.5) is 11.5 Å². The molecule has 3 amide bonds. The molecular weight excluding hydrogens is 426 g/mol. The first-order valence-electron chi connectivity index (χ1n) is 11.4. The molecule has 10 nitrogen and oxygen atoms in total. The van der Waals surface area contributed by atoms with Gasteiger partial charge in [0.05, 0.1) is 11.8 Å². The number of anilines is 2. The maximum absolute atomic E-state index is 13.7. The van der Waals surface area contributed by atoms with Crippen LogP contribution in [0.3, 0.4) is 0 Å². The molecule has 2 heterocycles. The fourth-order valence-corrected chi connectivity index (χ4v) is 4.58. The molecule has 3 N–H and O–H groups in total. The lowest BCUT2D eigenvalue weighted by molar-refractivity contribution is -0.146. The summed E-state index contributed by atoms with van der Waals surface area (Å²) in [4.78, 5) is 69.3.